The van der Waals surface area contributed by atoms with Crippen molar-refractivity contribution in [3.63, 3.8) is 0 Å². The Labute approximate surface area is 226 Å². The highest BCUT2D eigenvalue weighted by Crippen LogP contribution is 2.51. The van der Waals surface area contributed by atoms with Crippen molar-refractivity contribution in [2.75, 3.05) is 0 Å². The maximum Gasteiger partial charge on any atom is 0.303 e. The molecular formula is C34H38O4. The number of ketones is 1. The lowest BCUT2D eigenvalue weighted by Crippen LogP contribution is -2.16. The molecule has 0 spiro atoms. The molecule has 0 saturated heterocycles. The number of carboxylic acids is 1. The van der Waals surface area contributed by atoms with Gasteiger partial charge in [0.25, 0.3) is 0 Å². The number of carbonyl (C=O) groups is 2. The molecule has 3 aromatic carbocycles. The van der Waals surface area contributed by atoms with Crippen LogP contribution in [0.1, 0.15) is 98.2 Å². The number of hydrogen-bond acceptors (Lipinski definition) is 3. The highest BCUT2D eigenvalue weighted by Gasteiger charge is 2.37. The van der Waals surface area contributed by atoms with Gasteiger partial charge in [-0.05, 0) is 102 Å². The molecule has 0 aromatic heterocycles. The summed E-state index contributed by atoms with van der Waals surface area (Å²) in [5, 5.41) is 9.39. The monoisotopic (exact) mass is 510 g/mol. The van der Waals surface area contributed by atoms with Crippen LogP contribution < -0.4 is 4.74 Å². The molecule has 0 heterocycles. The minimum absolute atomic E-state index is 0.0531. The molecular weight excluding hydrogens is 472 g/mol. The molecule has 0 amide bonds. The van der Waals surface area contributed by atoms with E-state index in [1.54, 1.807) is 6.92 Å². The van der Waals surface area contributed by atoms with Crippen molar-refractivity contribution in [3.8, 4) is 16.9 Å². The van der Waals surface area contributed by atoms with Crippen LogP contribution in [0.2, 0.25) is 0 Å². The van der Waals surface area contributed by atoms with Crippen LogP contribution >= 0.6 is 0 Å². The van der Waals surface area contributed by atoms with Gasteiger partial charge >= 0.3 is 5.97 Å². The fourth-order valence-electron chi connectivity index (χ4n) is 6.31. The topological polar surface area (TPSA) is 63.6 Å². The predicted octanol–water partition coefficient (Wildman–Crippen LogP) is 8.40. The maximum atomic E-state index is 12.1. The molecule has 0 bridgehead atoms. The SMILES string of the molecule is CC(=O)c1cccc(-c2ccc(COc3cccc(C(CC(=O)O)C4CC4)c3)cc2C2CCCC2(C)C)c1. The molecule has 198 valence electrons. The Hall–Kier alpha value is -3.40. The molecule has 5 rings (SSSR count). The molecule has 4 heteroatoms. The minimum atomic E-state index is -0.746. The number of hydrogen-bond donors (Lipinski definition) is 1. The van der Waals surface area contributed by atoms with Crippen LogP contribution in [0.15, 0.2) is 66.7 Å². The Kier molecular flexibility index (Phi) is 7.43. The highest BCUT2D eigenvalue weighted by atomic mass is 16.5. The van der Waals surface area contributed by atoms with E-state index in [0.717, 1.165) is 47.3 Å². The van der Waals surface area contributed by atoms with Crippen molar-refractivity contribution in [2.24, 2.45) is 11.3 Å². The first-order valence-corrected chi connectivity index (χ1v) is 13.9. The third-order valence-electron chi connectivity index (χ3n) is 8.61. The number of rotatable bonds is 10. The Morgan fingerprint density at radius 3 is 2.47 bits per heavy atom. The molecule has 2 unspecified atom stereocenters. The number of carboxylic acid groups (broad SMARTS) is 1. The summed E-state index contributed by atoms with van der Waals surface area (Å²) in [5.41, 5.74) is 6.73. The van der Waals surface area contributed by atoms with Gasteiger partial charge in [0, 0.05) is 5.56 Å². The second-order valence-electron chi connectivity index (χ2n) is 11.9. The Balaban J connectivity index is 1.42. The molecule has 2 aliphatic carbocycles. The lowest BCUT2D eigenvalue weighted by atomic mass is 9.75. The number of aliphatic carboxylic acids is 1. The smallest absolute Gasteiger partial charge is 0.303 e. The van der Waals surface area contributed by atoms with Crippen molar-refractivity contribution in [1.29, 1.82) is 0 Å². The molecule has 38 heavy (non-hydrogen) atoms. The summed E-state index contributed by atoms with van der Waals surface area (Å²) in [6.45, 7) is 6.79. The van der Waals surface area contributed by atoms with E-state index in [1.165, 1.54) is 24.0 Å². The molecule has 3 aromatic rings. The second kappa shape index (κ2) is 10.8. The molecule has 2 saturated carbocycles. The van der Waals surface area contributed by atoms with E-state index in [9.17, 15) is 14.7 Å². The zero-order chi connectivity index (χ0) is 26.9. The molecule has 0 aliphatic heterocycles. The minimum Gasteiger partial charge on any atom is -0.489 e. The first-order chi connectivity index (χ1) is 18.2. The Bertz CT molecular complexity index is 1330. The maximum absolute atomic E-state index is 12.1. The van der Waals surface area contributed by atoms with Crippen molar-refractivity contribution in [2.45, 2.75) is 77.7 Å². The van der Waals surface area contributed by atoms with Crippen molar-refractivity contribution < 1.29 is 19.4 Å². The van der Waals surface area contributed by atoms with E-state index in [1.807, 2.05) is 42.5 Å². The summed E-state index contributed by atoms with van der Waals surface area (Å²) in [6, 6.07) is 22.6. The standard InChI is InChI=1S/C34H38O4/c1-22(35)25-7-4-8-26(18-25)29-15-12-23(17-31(29)32-11-6-16-34(32,2)3)21-38-28-10-5-9-27(19-28)30(20-33(36)37)24-13-14-24/h4-5,7-10,12,15,17-19,24,30,32H,6,11,13-14,16,20-21H2,1-3H3,(H,36,37). The van der Waals surface area contributed by atoms with Crippen LogP contribution in [-0.4, -0.2) is 16.9 Å². The van der Waals surface area contributed by atoms with E-state index in [2.05, 4.69) is 38.1 Å². The van der Waals surface area contributed by atoms with Gasteiger partial charge in [-0.15, -0.1) is 0 Å². The van der Waals surface area contributed by atoms with Crippen LogP contribution in [0.3, 0.4) is 0 Å². The highest BCUT2D eigenvalue weighted by molar-refractivity contribution is 5.95. The number of carbonyl (C=O) groups excluding carboxylic acids is 1. The average Bonchev–Trinajstić information content (AvgIpc) is 3.68. The summed E-state index contributed by atoms with van der Waals surface area (Å²) < 4.78 is 6.26. The van der Waals surface area contributed by atoms with Gasteiger partial charge in [-0.2, -0.15) is 0 Å². The average molecular weight is 511 g/mol. The van der Waals surface area contributed by atoms with Crippen LogP contribution in [0.25, 0.3) is 11.1 Å². The third kappa shape index (κ3) is 5.85. The second-order valence-corrected chi connectivity index (χ2v) is 11.9. The zero-order valence-electron chi connectivity index (χ0n) is 22.7. The lowest BCUT2D eigenvalue weighted by molar-refractivity contribution is -0.137. The van der Waals surface area contributed by atoms with Gasteiger partial charge in [-0.3, -0.25) is 9.59 Å². The van der Waals surface area contributed by atoms with Gasteiger partial charge in [0.05, 0.1) is 6.42 Å². The third-order valence-corrected chi connectivity index (χ3v) is 8.61. The van der Waals surface area contributed by atoms with Gasteiger partial charge in [0.15, 0.2) is 5.78 Å². The van der Waals surface area contributed by atoms with E-state index >= 15 is 0 Å². The van der Waals surface area contributed by atoms with E-state index in [-0.39, 0.29) is 23.5 Å². The molecule has 4 nitrogen and oxygen atoms in total. The summed E-state index contributed by atoms with van der Waals surface area (Å²) in [4.78, 5) is 23.5. The summed E-state index contributed by atoms with van der Waals surface area (Å²) >= 11 is 0. The van der Waals surface area contributed by atoms with Crippen molar-refractivity contribution >= 4 is 11.8 Å². The van der Waals surface area contributed by atoms with Crippen molar-refractivity contribution in [3.05, 3.63) is 89.0 Å². The Morgan fingerprint density at radius 1 is 1.00 bits per heavy atom. The molecule has 2 aliphatic rings. The first-order valence-electron chi connectivity index (χ1n) is 13.9. The van der Waals surface area contributed by atoms with E-state index < -0.39 is 5.97 Å². The molecule has 1 N–H and O–H groups in total. The fraction of sp³-hybridized carbons (Fsp3) is 0.412. The van der Waals surface area contributed by atoms with Crippen LogP contribution in [0.5, 0.6) is 5.75 Å². The number of Topliss-reactive ketones (excluding diaryl/α,β-unsaturated/α-hetero) is 1. The van der Waals surface area contributed by atoms with E-state index in [4.69, 9.17) is 4.74 Å². The van der Waals surface area contributed by atoms with Gasteiger partial charge in [0.1, 0.15) is 12.4 Å². The Morgan fingerprint density at radius 2 is 1.79 bits per heavy atom. The van der Waals surface area contributed by atoms with E-state index in [0.29, 0.717) is 18.4 Å². The van der Waals surface area contributed by atoms with Crippen LogP contribution in [-0.2, 0) is 11.4 Å². The first kappa shape index (κ1) is 26.2. The number of benzene rings is 3. The summed E-state index contributed by atoms with van der Waals surface area (Å²) in [7, 11) is 0. The molecule has 2 atom stereocenters. The van der Waals surface area contributed by atoms with Crippen LogP contribution in [0, 0.1) is 11.3 Å². The normalized spacial score (nSPS) is 19.2. The molecule has 0 radical (unpaired) electrons. The molecule has 2 fully saturated rings. The van der Waals surface area contributed by atoms with Gasteiger partial charge < -0.3 is 9.84 Å². The lowest BCUT2D eigenvalue weighted by Gasteiger charge is -2.30. The number of ether oxygens (including phenoxy) is 1. The zero-order valence-corrected chi connectivity index (χ0v) is 22.7. The summed E-state index contributed by atoms with van der Waals surface area (Å²) in [5.74, 6) is 1.07. The van der Waals surface area contributed by atoms with Gasteiger partial charge in [0.2, 0.25) is 0 Å². The van der Waals surface area contributed by atoms with Crippen molar-refractivity contribution in [1.82, 2.24) is 0 Å². The summed E-state index contributed by atoms with van der Waals surface area (Å²) in [6.07, 6.45) is 5.95. The van der Waals surface area contributed by atoms with Crippen LogP contribution in [0.4, 0.5) is 0 Å². The fourth-order valence-corrected chi connectivity index (χ4v) is 6.31. The largest absolute Gasteiger partial charge is 0.489 e. The van der Waals surface area contributed by atoms with Gasteiger partial charge in [-0.25, -0.2) is 0 Å². The quantitative estimate of drug-likeness (QED) is 0.278. The predicted molar refractivity (Wildman–Crippen MR) is 151 cm³/mol. The van der Waals surface area contributed by atoms with Gasteiger partial charge in [-0.1, -0.05) is 68.8 Å².